The van der Waals surface area contributed by atoms with Gasteiger partial charge in [-0.1, -0.05) is 41.4 Å². The molecule has 0 unspecified atom stereocenters. The number of esters is 1. The molecule has 0 saturated heterocycles. The van der Waals surface area contributed by atoms with Gasteiger partial charge in [0.2, 0.25) is 0 Å². The Bertz CT molecular complexity index is 338. The molecule has 0 aliphatic heterocycles. The van der Waals surface area contributed by atoms with Crippen molar-refractivity contribution in [2.45, 2.75) is 26.3 Å². The smallest absolute Gasteiger partial charge is 0.319 e. The Balaban J connectivity index is 2.14. The first-order valence-corrected chi connectivity index (χ1v) is 6.62. The lowest BCUT2D eigenvalue weighted by Gasteiger charge is -2.06. The Morgan fingerprint density at radius 2 is 2.06 bits per heavy atom. The van der Waals surface area contributed by atoms with Crippen molar-refractivity contribution in [3.63, 3.8) is 0 Å². The summed E-state index contributed by atoms with van der Waals surface area (Å²) in [5, 5.41) is 3.06. The molecular formula is C13H18BrNO2. The van der Waals surface area contributed by atoms with Crippen LogP contribution in [0.15, 0.2) is 28.7 Å². The molecule has 4 heteroatoms. The van der Waals surface area contributed by atoms with Crippen molar-refractivity contribution in [1.82, 2.24) is 5.32 Å². The van der Waals surface area contributed by atoms with Crippen LogP contribution in [0.1, 0.15) is 25.3 Å². The molecule has 0 amide bonds. The first kappa shape index (κ1) is 14.2. The summed E-state index contributed by atoms with van der Waals surface area (Å²) in [6.45, 7) is 3.53. The fraction of sp³-hybridized carbons (Fsp3) is 0.462. The van der Waals surface area contributed by atoms with Crippen LogP contribution in [0.5, 0.6) is 0 Å². The van der Waals surface area contributed by atoms with Gasteiger partial charge in [-0.25, -0.2) is 0 Å². The Hall–Kier alpha value is -0.870. The molecule has 3 nitrogen and oxygen atoms in total. The van der Waals surface area contributed by atoms with Crippen molar-refractivity contribution in [2.75, 3.05) is 13.2 Å². The summed E-state index contributed by atoms with van der Waals surface area (Å²) in [7, 11) is 0. The summed E-state index contributed by atoms with van der Waals surface area (Å²) >= 11 is 3.38. The second kappa shape index (κ2) is 8.25. The van der Waals surface area contributed by atoms with Crippen LogP contribution in [0.3, 0.4) is 0 Å². The number of ether oxygens (including phenoxy) is 1. The van der Waals surface area contributed by atoms with Crippen LogP contribution in [-0.2, 0) is 16.1 Å². The topological polar surface area (TPSA) is 38.3 Å². The summed E-state index contributed by atoms with van der Waals surface area (Å²) < 4.78 is 6.09. The molecule has 0 aromatic heterocycles. The van der Waals surface area contributed by atoms with Gasteiger partial charge in [0.25, 0.3) is 0 Å². The molecule has 1 aromatic carbocycles. The number of unbranched alkanes of at least 4 members (excludes halogenated alkanes) is 1. The normalized spacial score (nSPS) is 10.2. The number of hydrogen-bond donors (Lipinski definition) is 1. The van der Waals surface area contributed by atoms with Crippen LogP contribution in [0.4, 0.5) is 0 Å². The quantitative estimate of drug-likeness (QED) is 0.621. The van der Waals surface area contributed by atoms with E-state index < -0.39 is 0 Å². The highest BCUT2D eigenvalue weighted by atomic mass is 79.9. The molecule has 0 atom stereocenters. The third-order valence-corrected chi connectivity index (χ3v) is 2.80. The lowest BCUT2D eigenvalue weighted by molar-refractivity contribution is -0.142. The maximum atomic E-state index is 11.3. The SMILES string of the molecule is CCCCOC(=O)CNCc1ccc(Br)cc1. The van der Waals surface area contributed by atoms with E-state index in [-0.39, 0.29) is 12.5 Å². The minimum atomic E-state index is -0.185. The molecule has 1 rings (SSSR count). The summed E-state index contributed by atoms with van der Waals surface area (Å²) in [5.41, 5.74) is 1.15. The lowest BCUT2D eigenvalue weighted by Crippen LogP contribution is -2.24. The molecule has 0 radical (unpaired) electrons. The van der Waals surface area contributed by atoms with E-state index in [0.717, 1.165) is 22.9 Å². The van der Waals surface area contributed by atoms with Gasteiger partial charge in [0.1, 0.15) is 0 Å². The predicted octanol–water partition coefficient (Wildman–Crippen LogP) is 2.88. The van der Waals surface area contributed by atoms with Gasteiger partial charge in [-0.05, 0) is 24.1 Å². The van der Waals surface area contributed by atoms with E-state index in [1.54, 1.807) is 0 Å². The van der Waals surface area contributed by atoms with Crippen molar-refractivity contribution >= 4 is 21.9 Å². The molecule has 1 N–H and O–H groups in total. The maximum absolute atomic E-state index is 11.3. The Labute approximate surface area is 111 Å². The van der Waals surface area contributed by atoms with Crippen molar-refractivity contribution in [1.29, 1.82) is 0 Å². The highest BCUT2D eigenvalue weighted by Gasteiger charge is 2.01. The minimum Gasteiger partial charge on any atom is -0.465 e. The number of carbonyl (C=O) groups excluding carboxylic acids is 1. The van der Waals surface area contributed by atoms with Crippen LogP contribution >= 0.6 is 15.9 Å². The first-order valence-electron chi connectivity index (χ1n) is 5.83. The van der Waals surface area contributed by atoms with Gasteiger partial charge in [-0.3, -0.25) is 4.79 Å². The second-order valence-corrected chi connectivity index (χ2v) is 4.72. The monoisotopic (exact) mass is 299 g/mol. The van der Waals surface area contributed by atoms with E-state index in [1.165, 1.54) is 0 Å². The Morgan fingerprint density at radius 1 is 1.35 bits per heavy atom. The zero-order valence-electron chi connectivity index (χ0n) is 10.0. The summed E-state index contributed by atoms with van der Waals surface area (Å²) in [6, 6.07) is 7.99. The molecular weight excluding hydrogens is 282 g/mol. The van der Waals surface area contributed by atoms with Crippen LogP contribution in [0.25, 0.3) is 0 Å². The summed E-state index contributed by atoms with van der Waals surface area (Å²) in [5.74, 6) is -0.185. The van der Waals surface area contributed by atoms with Crippen molar-refractivity contribution in [3.8, 4) is 0 Å². The van der Waals surface area contributed by atoms with Gasteiger partial charge in [0.05, 0.1) is 13.2 Å². The number of nitrogens with one attached hydrogen (secondary N) is 1. The maximum Gasteiger partial charge on any atom is 0.319 e. The zero-order chi connectivity index (χ0) is 12.5. The molecule has 0 fully saturated rings. The number of halogens is 1. The van der Waals surface area contributed by atoms with E-state index in [0.29, 0.717) is 13.2 Å². The Kier molecular flexibility index (Phi) is 6.89. The largest absolute Gasteiger partial charge is 0.465 e. The number of hydrogen-bond acceptors (Lipinski definition) is 3. The third kappa shape index (κ3) is 6.44. The Morgan fingerprint density at radius 3 is 2.71 bits per heavy atom. The molecule has 0 bridgehead atoms. The lowest BCUT2D eigenvalue weighted by atomic mass is 10.2. The number of rotatable bonds is 7. The molecule has 0 saturated carbocycles. The molecule has 17 heavy (non-hydrogen) atoms. The van der Waals surface area contributed by atoms with Crippen molar-refractivity contribution < 1.29 is 9.53 Å². The van der Waals surface area contributed by atoms with Crippen molar-refractivity contribution in [3.05, 3.63) is 34.3 Å². The van der Waals surface area contributed by atoms with Gasteiger partial charge in [-0.2, -0.15) is 0 Å². The number of carbonyl (C=O) groups is 1. The van der Waals surface area contributed by atoms with E-state index in [2.05, 4.69) is 28.2 Å². The molecule has 1 aromatic rings. The summed E-state index contributed by atoms with van der Waals surface area (Å²) in [4.78, 5) is 11.3. The molecule has 94 valence electrons. The fourth-order valence-electron chi connectivity index (χ4n) is 1.29. The van der Waals surface area contributed by atoms with Crippen molar-refractivity contribution in [2.24, 2.45) is 0 Å². The zero-order valence-corrected chi connectivity index (χ0v) is 11.6. The van der Waals surface area contributed by atoms with Crippen LogP contribution < -0.4 is 5.32 Å². The van der Waals surface area contributed by atoms with E-state index >= 15 is 0 Å². The fourth-order valence-corrected chi connectivity index (χ4v) is 1.56. The third-order valence-electron chi connectivity index (χ3n) is 2.27. The standard InChI is InChI=1S/C13H18BrNO2/c1-2-3-8-17-13(16)10-15-9-11-4-6-12(14)7-5-11/h4-7,15H,2-3,8-10H2,1H3. The van der Waals surface area contributed by atoms with Gasteiger partial charge in [0, 0.05) is 11.0 Å². The van der Waals surface area contributed by atoms with Gasteiger partial charge in [0.15, 0.2) is 0 Å². The average Bonchev–Trinajstić information content (AvgIpc) is 2.32. The molecule has 0 aliphatic carbocycles. The first-order chi connectivity index (χ1) is 8.22. The van der Waals surface area contributed by atoms with Gasteiger partial charge in [-0.15, -0.1) is 0 Å². The average molecular weight is 300 g/mol. The molecule has 0 aliphatic rings. The highest BCUT2D eigenvalue weighted by molar-refractivity contribution is 9.10. The second-order valence-electron chi connectivity index (χ2n) is 3.80. The summed E-state index contributed by atoms with van der Waals surface area (Å²) in [6.07, 6.45) is 1.97. The van der Waals surface area contributed by atoms with Gasteiger partial charge < -0.3 is 10.1 Å². The number of benzene rings is 1. The molecule has 0 spiro atoms. The predicted molar refractivity (Wildman–Crippen MR) is 71.7 cm³/mol. The molecule has 0 heterocycles. The highest BCUT2D eigenvalue weighted by Crippen LogP contribution is 2.09. The van der Waals surface area contributed by atoms with E-state index in [9.17, 15) is 4.79 Å². The van der Waals surface area contributed by atoms with E-state index in [4.69, 9.17) is 4.74 Å². The van der Waals surface area contributed by atoms with Gasteiger partial charge >= 0.3 is 5.97 Å². The van der Waals surface area contributed by atoms with Crippen LogP contribution in [-0.4, -0.2) is 19.1 Å². The van der Waals surface area contributed by atoms with Crippen LogP contribution in [0, 0.1) is 0 Å². The van der Waals surface area contributed by atoms with Crippen LogP contribution in [0.2, 0.25) is 0 Å². The van der Waals surface area contributed by atoms with E-state index in [1.807, 2.05) is 24.3 Å². The minimum absolute atomic E-state index is 0.185.